The van der Waals surface area contributed by atoms with Gasteiger partial charge < -0.3 is 20.1 Å². The number of carbonyl (C=O) groups excluding carboxylic acids is 4. The molecule has 0 fully saturated rings. The largest absolute Gasteiger partial charge is 0.469 e. The van der Waals surface area contributed by atoms with Crippen molar-refractivity contribution in [1.29, 1.82) is 0 Å². The molecule has 1 rings (SSSR count). The second kappa shape index (κ2) is 10.9. The molecule has 2 N–H and O–H groups in total. The zero-order chi connectivity index (χ0) is 20.4. The van der Waals surface area contributed by atoms with Gasteiger partial charge in [0.05, 0.1) is 14.2 Å². The second-order valence-electron chi connectivity index (χ2n) is 5.78. The van der Waals surface area contributed by atoms with Crippen molar-refractivity contribution in [2.45, 2.75) is 38.3 Å². The Hall–Kier alpha value is -2.97. The van der Waals surface area contributed by atoms with E-state index in [1.165, 1.54) is 38.3 Å². The molecule has 1 aromatic rings. The molecule has 8 nitrogen and oxygen atoms in total. The molecule has 2 amide bonds. The summed E-state index contributed by atoms with van der Waals surface area (Å²) < 4.78 is 22.2. The molecule has 0 aromatic heterocycles. The first kappa shape index (κ1) is 22.1. The highest BCUT2D eigenvalue weighted by atomic mass is 19.1. The Kier molecular flexibility index (Phi) is 8.91. The number of halogens is 1. The Balaban J connectivity index is 2.86. The number of carbonyl (C=O) groups is 4. The van der Waals surface area contributed by atoms with E-state index in [9.17, 15) is 23.6 Å². The maximum Gasteiger partial charge on any atom is 0.328 e. The van der Waals surface area contributed by atoms with E-state index >= 15 is 0 Å². The smallest absolute Gasteiger partial charge is 0.328 e. The molecule has 0 saturated heterocycles. The molecule has 1 aromatic carbocycles. The average Bonchev–Trinajstić information content (AvgIpc) is 2.64. The van der Waals surface area contributed by atoms with E-state index in [2.05, 4.69) is 20.1 Å². The van der Waals surface area contributed by atoms with Gasteiger partial charge in [-0.1, -0.05) is 12.1 Å². The van der Waals surface area contributed by atoms with Crippen LogP contribution >= 0.6 is 0 Å². The lowest BCUT2D eigenvalue weighted by molar-refractivity contribution is -0.146. The van der Waals surface area contributed by atoms with Crippen LogP contribution in [0.25, 0.3) is 0 Å². The predicted molar refractivity (Wildman–Crippen MR) is 92.9 cm³/mol. The van der Waals surface area contributed by atoms with Gasteiger partial charge in [0, 0.05) is 19.8 Å². The fraction of sp³-hybridized carbons (Fsp3) is 0.444. The standard InChI is InChI=1S/C18H23FN2O6/c1-11(22)20-15(10-12-4-6-13(19)7-5-12)17(24)21-14(18(25)27-3)8-9-16(23)26-2/h4-7,14-15H,8-10H2,1-3H3,(H,20,22)(H,21,24)/t14-,15+/m0/s1. The summed E-state index contributed by atoms with van der Waals surface area (Å²) in [4.78, 5) is 47.2. The average molecular weight is 382 g/mol. The van der Waals surface area contributed by atoms with Crippen LogP contribution in [-0.4, -0.2) is 50.1 Å². The van der Waals surface area contributed by atoms with Crippen LogP contribution in [-0.2, 0) is 35.1 Å². The van der Waals surface area contributed by atoms with Crippen LogP contribution in [0.2, 0.25) is 0 Å². The molecule has 0 aliphatic rings. The van der Waals surface area contributed by atoms with Crippen molar-refractivity contribution < 1.29 is 33.0 Å². The van der Waals surface area contributed by atoms with Gasteiger partial charge in [-0.05, 0) is 24.1 Å². The quantitative estimate of drug-likeness (QED) is 0.601. The molecule has 0 spiro atoms. The van der Waals surface area contributed by atoms with Crippen LogP contribution < -0.4 is 10.6 Å². The molecular weight excluding hydrogens is 359 g/mol. The molecule has 2 atom stereocenters. The van der Waals surface area contributed by atoms with Crippen molar-refractivity contribution in [2.75, 3.05) is 14.2 Å². The monoisotopic (exact) mass is 382 g/mol. The third kappa shape index (κ3) is 7.85. The van der Waals surface area contributed by atoms with Crippen molar-refractivity contribution in [3.63, 3.8) is 0 Å². The molecule has 0 saturated carbocycles. The zero-order valence-corrected chi connectivity index (χ0v) is 15.4. The highest BCUT2D eigenvalue weighted by Gasteiger charge is 2.27. The lowest BCUT2D eigenvalue weighted by Gasteiger charge is -2.22. The van der Waals surface area contributed by atoms with Crippen molar-refractivity contribution in [1.82, 2.24) is 10.6 Å². The van der Waals surface area contributed by atoms with Gasteiger partial charge in [0.2, 0.25) is 11.8 Å². The minimum absolute atomic E-state index is 0.0194. The fourth-order valence-electron chi connectivity index (χ4n) is 2.34. The van der Waals surface area contributed by atoms with Crippen LogP contribution in [0.1, 0.15) is 25.3 Å². The maximum atomic E-state index is 13.0. The van der Waals surface area contributed by atoms with Crippen molar-refractivity contribution in [3.8, 4) is 0 Å². The summed E-state index contributed by atoms with van der Waals surface area (Å²) in [5.74, 6) is -2.76. The first-order chi connectivity index (χ1) is 12.8. The van der Waals surface area contributed by atoms with E-state index in [-0.39, 0.29) is 19.3 Å². The van der Waals surface area contributed by atoms with Crippen LogP contribution in [0.4, 0.5) is 4.39 Å². The number of nitrogens with one attached hydrogen (secondary N) is 2. The number of rotatable bonds is 9. The highest BCUT2D eigenvalue weighted by Crippen LogP contribution is 2.08. The summed E-state index contributed by atoms with van der Waals surface area (Å²) in [5.41, 5.74) is 0.620. The Morgan fingerprint density at radius 2 is 1.63 bits per heavy atom. The van der Waals surface area contributed by atoms with Crippen LogP contribution in [0.15, 0.2) is 24.3 Å². The Bertz CT molecular complexity index is 677. The minimum Gasteiger partial charge on any atom is -0.469 e. The van der Waals surface area contributed by atoms with Gasteiger partial charge in [0.1, 0.15) is 17.9 Å². The SMILES string of the molecule is COC(=O)CC[C@H](NC(=O)[C@@H](Cc1ccc(F)cc1)NC(C)=O)C(=O)OC. The van der Waals surface area contributed by atoms with Gasteiger partial charge in [-0.25, -0.2) is 9.18 Å². The number of methoxy groups -OCH3 is 2. The van der Waals surface area contributed by atoms with Crippen LogP contribution in [0.3, 0.4) is 0 Å². The fourth-order valence-corrected chi connectivity index (χ4v) is 2.34. The molecular formula is C18H23FN2O6. The minimum atomic E-state index is -1.08. The number of hydrogen-bond acceptors (Lipinski definition) is 6. The third-order valence-corrected chi connectivity index (χ3v) is 3.71. The van der Waals surface area contributed by atoms with Crippen molar-refractivity contribution in [2.24, 2.45) is 0 Å². The van der Waals surface area contributed by atoms with Crippen molar-refractivity contribution >= 4 is 23.8 Å². The van der Waals surface area contributed by atoms with E-state index in [4.69, 9.17) is 0 Å². The van der Waals surface area contributed by atoms with Gasteiger partial charge in [0.25, 0.3) is 0 Å². The summed E-state index contributed by atoms with van der Waals surface area (Å²) in [6.07, 6.45) is -0.0235. The first-order valence-corrected chi connectivity index (χ1v) is 8.23. The third-order valence-electron chi connectivity index (χ3n) is 3.71. The molecule has 148 valence electrons. The van der Waals surface area contributed by atoms with Gasteiger partial charge in [0.15, 0.2) is 0 Å². The molecule has 0 bridgehead atoms. The zero-order valence-electron chi connectivity index (χ0n) is 15.4. The van der Waals surface area contributed by atoms with E-state index in [1.54, 1.807) is 0 Å². The summed E-state index contributed by atoms with van der Waals surface area (Å²) in [6.45, 7) is 1.25. The molecule has 9 heteroatoms. The van der Waals surface area contributed by atoms with Gasteiger partial charge >= 0.3 is 11.9 Å². The number of hydrogen-bond donors (Lipinski definition) is 2. The lowest BCUT2D eigenvalue weighted by atomic mass is 10.0. The number of ether oxygens (including phenoxy) is 2. The summed E-state index contributed by atoms with van der Waals surface area (Å²) in [5, 5.41) is 4.97. The van der Waals surface area contributed by atoms with Crippen LogP contribution in [0, 0.1) is 5.82 Å². The molecule has 0 aliphatic carbocycles. The molecule has 0 aliphatic heterocycles. The predicted octanol–water partition coefficient (Wildman–Crippen LogP) is 0.484. The summed E-state index contributed by atoms with van der Waals surface area (Å²) in [7, 11) is 2.37. The Morgan fingerprint density at radius 1 is 1.00 bits per heavy atom. The molecule has 0 unspecified atom stereocenters. The molecule has 0 radical (unpaired) electrons. The Morgan fingerprint density at radius 3 is 2.15 bits per heavy atom. The van der Waals surface area contributed by atoms with Crippen molar-refractivity contribution in [3.05, 3.63) is 35.6 Å². The highest BCUT2D eigenvalue weighted by molar-refractivity contribution is 5.90. The second-order valence-corrected chi connectivity index (χ2v) is 5.78. The normalized spacial score (nSPS) is 12.4. The lowest BCUT2D eigenvalue weighted by Crippen LogP contribution is -2.52. The molecule has 27 heavy (non-hydrogen) atoms. The van der Waals surface area contributed by atoms with E-state index < -0.39 is 41.7 Å². The van der Waals surface area contributed by atoms with E-state index in [0.717, 1.165) is 7.11 Å². The molecule has 0 heterocycles. The van der Waals surface area contributed by atoms with Gasteiger partial charge in [-0.3, -0.25) is 14.4 Å². The summed E-state index contributed by atoms with van der Waals surface area (Å²) in [6, 6.07) is 3.40. The number of esters is 2. The topological polar surface area (TPSA) is 111 Å². The Labute approximate surface area is 156 Å². The number of amides is 2. The van der Waals surface area contributed by atoms with Gasteiger partial charge in [-0.15, -0.1) is 0 Å². The number of benzene rings is 1. The van der Waals surface area contributed by atoms with Gasteiger partial charge in [-0.2, -0.15) is 0 Å². The van der Waals surface area contributed by atoms with E-state index in [1.807, 2.05) is 0 Å². The van der Waals surface area contributed by atoms with Crippen LogP contribution in [0.5, 0.6) is 0 Å². The summed E-state index contributed by atoms with van der Waals surface area (Å²) >= 11 is 0. The first-order valence-electron chi connectivity index (χ1n) is 8.23. The maximum absolute atomic E-state index is 13.0. The van der Waals surface area contributed by atoms with E-state index in [0.29, 0.717) is 5.56 Å².